The summed E-state index contributed by atoms with van der Waals surface area (Å²) in [5.41, 5.74) is 2.06. The highest BCUT2D eigenvalue weighted by molar-refractivity contribution is 6.46. The topological polar surface area (TPSA) is 87.1 Å². The van der Waals surface area contributed by atoms with E-state index in [1.54, 1.807) is 37.4 Å². The predicted octanol–water partition coefficient (Wildman–Crippen LogP) is 4.36. The van der Waals surface area contributed by atoms with E-state index in [-0.39, 0.29) is 23.0 Å². The molecule has 1 aliphatic rings. The van der Waals surface area contributed by atoms with Crippen LogP contribution in [0, 0.1) is 0 Å². The average Bonchev–Trinajstić information content (AvgIpc) is 2.98. The maximum Gasteiger partial charge on any atom is 0.295 e. The van der Waals surface area contributed by atoms with E-state index >= 15 is 0 Å². The first-order chi connectivity index (χ1) is 14.3. The second-order valence-electron chi connectivity index (χ2n) is 7.70. The summed E-state index contributed by atoms with van der Waals surface area (Å²) >= 11 is 0. The Kier molecular flexibility index (Phi) is 6.15. The molecule has 0 aliphatic carbocycles. The number of aromatic hydroxyl groups is 1. The van der Waals surface area contributed by atoms with Gasteiger partial charge in [-0.1, -0.05) is 32.9 Å². The Morgan fingerprint density at radius 2 is 1.80 bits per heavy atom. The molecule has 30 heavy (non-hydrogen) atoms. The summed E-state index contributed by atoms with van der Waals surface area (Å²) in [6, 6.07) is 10.8. The van der Waals surface area contributed by atoms with E-state index in [4.69, 9.17) is 4.74 Å². The van der Waals surface area contributed by atoms with Crippen LogP contribution < -0.4 is 4.74 Å². The number of ether oxygens (including phenoxy) is 1. The van der Waals surface area contributed by atoms with Crippen LogP contribution in [0.3, 0.4) is 0 Å². The third kappa shape index (κ3) is 3.77. The molecule has 3 rings (SSSR count). The minimum absolute atomic E-state index is 0.0546. The molecule has 0 saturated carbocycles. The van der Waals surface area contributed by atoms with Crippen LogP contribution in [-0.2, 0) is 9.59 Å². The van der Waals surface area contributed by atoms with Crippen LogP contribution in [0.15, 0.2) is 48.0 Å². The second kappa shape index (κ2) is 8.61. The fourth-order valence-electron chi connectivity index (χ4n) is 3.84. The summed E-state index contributed by atoms with van der Waals surface area (Å²) in [5.74, 6) is -0.626. The minimum atomic E-state index is -0.713. The number of aliphatic hydroxyl groups excluding tert-OH is 1. The summed E-state index contributed by atoms with van der Waals surface area (Å²) in [5, 5.41) is 20.8. The first-order valence-electron chi connectivity index (χ1n) is 10.1. The minimum Gasteiger partial charge on any atom is -0.508 e. The van der Waals surface area contributed by atoms with Gasteiger partial charge >= 0.3 is 0 Å². The lowest BCUT2D eigenvalue weighted by atomic mass is 9.93. The Balaban J connectivity index is 2.20. The van der Waals surface area contributed by atoms with Crippen molar-refractivity contribution < 1.29 is 24.5 Å². The number of hydrogen-bond acceptors (Lipinski definition) is 5. The number of benzene rings is 2. The van der Waals surface area contributed by atoms with Crippen molar-refractivity contribution in [2.75, 3.05) is 13.7 Å². The van der Waals surface area contributed by atoms with Gasteiger partial charge in [0.05, 0.1) is 18.7 Å². The number of rotatable bonds is 6. The number of carbonyl (C=O) groups is 2. The van der Waals surface area contributed by atoms with E-state index < -0.39 is 17.7 Å². The van der Waals surface area contributed by atoms with Gasteiger partial charge in [-0.2, -0.15) is 0 Å². The molecule has 1 heterocycles. The van der Waals surface area contributed by atoms with Crippen LogP contribution in [0.5, 0.6) is 11.5 Å². The number of likely N-dealkylation sites (tertiary alicyclic amines) is 1. The average molecular weight is 409 g/mol. The van der Waals surface area contributed by atoms with Gasteiger partial charge in [0.1, 0.15) is 17.3 Å². The highest BCUT2D eigenvalue weighted by Crippen LogP contribution is 2.40. The number of phenols is 1. The maximum atomic E-state index is 12.9. The standard InChI is InChI=1S/C24H27NO5/c1-5-12-25-21(15-6-9-17(26)10-7-15)20(23(28)24(25)29)22(27)16-8-11-19(30-4)18(13-16)14(2)3/h6-11,13-14,21,26-27H,5,12H2,1-4H3/b22-20-. The number of hydrogen-bond donors (Lipinski definition) is 2. The molecule has 6 nitrogen and oxygen atoms in total. The second-order valence-corrected chi connectivity index (χ2v) is 7.70. The lowest BCUT2D eigenvalue weighted by Crippen LogP contribution is -2.30. The van der Waals surface area contributed by atoms with E-state index in [1.165, 1.54) is 17.0 Å². The number of methoxy groups -OCH3 is 1. The van der Waals surface area contributed by atoms with Crippen LogP contribution in [-0.4, -0.2) is 40.5 Å². The Morgan fingerprint density at radius 3 is 2.37 bits per heavy atom. The molecule has 0 bridgehead atoms. The molecule has 158 valence electrons. The lowest BCUT2D eigenvalue weighted by molar-refractivity contribution is -0.139. The molecule has 1 unspecified atom stereocenters. The van der Waals surface area contributed by atoms with Gasteiger partial charge < -0.3 is 19.8 Å². The maximum absolute atomic E-state index is 12.9. The zero-order valence-corrected chi connectivity index (χ0v) is 17.7. The van der Waals surface area contributed by atoms with Crippen molar-refractivity contribution in [1.82, 2.24) is 4.90 Å². The van der Waals surface area contributed by atoms with Gasteiger partial charge in [-0.15, -0.1) is 0 Å². The van der Waals surface area contributed by atoms with Gasteiger partial charge in [0.15, 0.2) is 0 Å². The molecule has 0 radical (unpaired) electrons. The monoisotopic (exact) mass is 409 g/mol. The Bertz CT molecular complexity index is 991. The first kappa shape index (κ1) is 21.4. The Morgan fingerprint density at radius 1 is 1.13 bits per heavy atom. The number of carbonyl (C=O) groups excluding carboxylic acids is 2. The van der Waals surface area contributed by atoms with E-state index in [0.717, 1.165) is 5.56 Å². The molecular weight excluding hydrogens is 382 g/mol. The summed E-state index contributed by atoms with van der Waals surface area (Å²) in [6.07, 6.45) is 0.668. The molecule has 1 amide bonds. The van der Waals surface area contributed by atoms with Crippen LogP contribution in [0.2, 0.25) is 0 Å². The summed E-state index contributed by atoms with van der Waals surface area (Å²) < 4.78 is 5.41. The number of amides is 1. The molecule has 2 aromatic rings. The summed E-state index contributed by atoms with van der Waals surface area (Å²) in [4.78, 5) is 27.1. The molecule has 1 atom stereocenters. The zero-order chi connectivity index (χ0) is 22.0. The highest BCUT2D eigenvalue weighted by Gasteiger charge is 2.45. The number of Topliss-reactive ketones (excluding diaryl/α,β-unsaturated/α-hetero) is 1. The first-order valence-corrected chi connectivity index (χ1v) is 10.1. The molecule has 6 heteroatoms. The summed E-state index contributed by atoms with van der Waals surface area (Å²) in [7, 11) is 1.59. The van der Waals surface area contributed by atoms with Crippen LogP contribution in [0.4, 0.5) is 0 Å². The van der Waals surface area contributed by atoms with Crippen molar-refractivity contribution in [3.8, 4) is 11.5 Å². The Hall–Kier alpha value is -3.28. The SMILES string of the molecule is CCCN1C(=O)C(=O)/C(=C(\O)c2ccc(OC)c(C(C)C)c2)C1c1ccc(O)cc1. The van der Waals surface area contributed by atoms with Crippen molar-refractivity contribution >= 4 is 17.4 Å². The van der Waals surface area contributed by atoms with E-state index in [2.05, 4.69) is 0 Å². The predicted molar refractivity (Wildman–Crippen MR) is 114 cm³/mol. The normalized spacial score (nSPS) is 18.3. The fourth-order valence-corrected chi connectivity index (χ4v) is 3.84. The number of ketones is 1. The quantitative estimate of drug-likeness (QED) is 0.421. The highest BCUT2D eigenvalue weighted by atomic mass is 16.5. The number of phenolic OH excluding ortho intramolecular Hbond substituents is 1. The molecule has 0 spiro atoms. The molecular formula is C24H27NO5. The van der Waals surface area contributed by atoms with Crippen molar-refractivity contribution in [1.29, 1.82) is 0 Å². The summed E-state index contributed by atoms with van der Waals surface area (Å²) in [6.45, 7) is 6.33. The lowest BCUT2D eigenvalue weighted by Gasteiger charge is -2.25. The van der Waals surface area contributed by atoms with Crippen LogP contribution in [0.1, 0.15) is 55.8 Å². The van der Waals surface area contributed by atoms with Crippen molar-refractivity contribution in [3.63, 3.8) is 0 Å². The molecule has 1 fully saturated rings. The van der Waals surface area contributed by atoms with E-state index in [0.29, 0.717) is 29.8 Å². The molecule has 1 aliphatic heterocycles. The smallest absolute Gasteiger partial charge is 0.295 e. The molecule has 0 aromatic heterocycles. The third-order valence-electron chi connectivity index (χ3n) is 5.34. The third-order valence-corrected chi connectivity index (χ3v) is 5.34. The van der Waals surface area contributed by atoms with Crippen molar-refractivity contribution in [3.05, 3.63) is 64.7 Å². The van der Waals surface area contributed by atoms with E-state index in [9.17, 15) is 19.8 Å². The van der Waals surface area contributed by atoms with E-state index in [1.807, 2.05) is 20.8 Å². The molecule has 2 aromatic carbocycles. The van der Waals surface area contributed by atoms with Gasteiger partial charge in [-0.25, -0.2) is 0 Å². The van der Waals surface area contributed by atoms with Crippen LogP contribution in [0.25, 0.3) is 5.76 Å². The number of aliphatic hydroxyl groups is 1. The fraction of sp³-hybridized carbons (Fsp3) is 0.333. The zero-order valence-electron chi connectivity index (χ0n) is 17.7. The van der Waals surface area contributed by atoms with Gasteiger partial charge in [0.2, 0.25) is 0 Å². The van der Waals surface area contributed by atoms with Gasteiger partial charge in [-0.05, 0) is 53.8 Å². The van der Waals surface area contributed by atoms with Gasteiger partial charge in [0, 0.05) is 12.1 Å². The van der Waals surface area contributed by atoms with Crippen molar-refractivity contribution in [2.24, 2.45) is 0 Å². The molecule has 1 saturated heterocycles. The van der Waals surface area contributed by atoms with Gasteiger partial charge in [-0.3, -0.25) is 9.59 Å². The largest absolute Gasteiger partial charge is 0.508 e. The number of nitrogens with zero attached hydrogens (tertiary/aromatic N) is 1. The van der Waals surface area contributed by atoms with Gasteiger partial charge in [0.25, 0.3) is 11.7 Å². The Labute approximate surface area is 176 Å². The van der Waals surface area contributed by atoms with Crippen molar-refractivity contribution in [2.45, 2.75) is 39.2 Å². The molecule has 2 N–H and O–H groups in total. The van der Waals surface area contributed by atoms with Crippen LogP contribution >= 0.6 is 0 Å².